The molecule has 0 spiro atoms. The molecule has 30 heavy (non-hydrogen) atoms. The predicted octanol–water partition coefficient (Wildman–Crippen LogP) is 3.70. The highest BCUT2D eigenvalue weighted by Crippen LogP contribution is 2.34. The molecule has 1 saturated heterocycles. The fourth-order valence-electron chi connectivity index (χ4n) is 4.04. The minimum atomic E-state index is -3.84. The molecule has 156 valence electrons. The SMILES string of the molecule is CN(C)c1cccc2c(S(=O)(=O)N3CCCC3C(=O)Nc3ccccc3)cccc12. The van der Waals surface area contributed by atoms with E-state index in [0.29, 0.717) is 30.5 Å². The number of benzene rings is 3. The topological polar surface area (TPSA) is 69.7 Å². The normalized spacial score (nSPS) is 17.2. The van der Waals surface area contributed by atoms with E-state index in [1.54, 1.807) is 24.3 Å². The number of sulfonamides is 1. The summed E-state index contributed by atoms with van der Waals surface area (Å²) in [6.07, 6.45) is 1.16. The molecule has 7 heteroatoms. The van der Waals surface area contributed by atoms with Crippen molar-refractivity contribution in [2.45, 2.75) is 23.8 Å². The molecule has 0 aromatic heterocycles. The zero-order chi connectivity index (χ0) is 21.3. The van der Waals surface area contributed by atoms with Crippen LogP contribution >= 0.6 is 0 Å². The number of carbonyl (C=O) groups is 1. The molecule has 1 heterocycles. The lowest BCUT2D eigenvalue weighted by atomic mass is 10.1. The molecular weight excluding hydrogens is 398 g/mol. The highest BCUT2D eigenvalue weighted by atomic mass is 32.2. The van der Waals surface area contributed by atoms with Crippen molar-refractivity contribution in [2.24, 2.45) is 0 Å². The number of nitrogens with one attached hydrogen (secondary N) is 1. The van der Waals surface area contributed by atoms with Gasteiger partial charge in [-0.25, -0.2) is 8.42 Å². The Morgan fingerprint density at radius 2 is 1.67 bits per heavy atom. The minimum absolute atomic E-state index is 0.239. The fourth-order valence-corrected chi connectivity index (χ4v) is 5.91. The van der Waals surface area contributed by atoms with E-state index in [-0.39, 0.29) is 10.8 Å². The molecule has 0 saturated carbocycles. The summed E-state index contributed by atoms with van der Waals surface area (Å²) in [6, 6.07) is 19.3. The van der Waals surface area contributed by atoms with Gasteiger partial charge in [0.25, 0.3) is 0 Å². The Bertz CT molecular complexity index is 1180. The van der Waals surface area contributed by atoms with Crippen molar-refractivity contribution in [1.29, 1.82) is 0 Å². The third-order valence-electron chi connectivity index (χ3n) is 5.48. The Hall–Kier alpha value is -2.90. The largest absolute Gasteiger partial charge is 0.377 e. The number of carbonyl (C=O) groups excluding carboxylic acids is 1. The molecule has 0 radical (unpaired) electrons. The average Bonchev–Trinajstić information content (AvgIpc) is 3.24. The fraction of sp³-hybridized carbons (Fsp3) is 0.261. The van der Waals surface area contributed by atoms with Gasteiger partial charge in [-0.05, 0) is 37.1 Å². The summed E-state index contributed by atoms with van der Waals surface area (Å²) < 4.78 is 28.6. The summed E-state index contributed by atoms with van der Waals surface area (Å²) >= 11 is 0. The van der Waals surface area contributed by atoms with Gasteiger partial charge in [0.2, 0.25) is 15.9 Å². The number of hydrogen-bond donors (Lipinski definition) is 1. The molecule has 1 atom stereocenters. The van der Waals surface area contributed by atoms with Crippen molar-refractivity contribution in [1.82, 2.24) is 4.31 Å². The molecule has 3 aromatic carbocycles. The molecule has 1 amide bonds. The lowest BCUT2D eigenvalue weighted by Gasteiger charge is -2.24. The Kier molecular flexibility index (Phi) is 5.49. The molecule has 0 aliphatic carbocycles. The summed E-state index contributed by atoms with van der Waals surface area (Å²) in [5.41, 5.74) is 1.61. The van der Waals surface area contributed by atoms with Gasteiger partial charge in [0.1, 0.15) is 6.04 Å². The van der Waals surface area contributed by atoms with E-state index >= 15 is 0 Å². The van der Waals surface area contributed by atoms with E-state index in [0.717, 1.165) is 11.1 Å². The van der Waals surface area contributed by atoms with E-state index in [1.165, 1.54) is 4.31 Å². The zero-order valence-electron chi connectivity index (χ0n) is 17.1. The van der Waals surface area contributed by atoms with Crippen molar-refractivity contribution in [2.75, 3.05) is 30.9 Å². The van der Waals surface area contributed by atoms with Gasteiger partial charge in [0.05, 0.1) is 4.90 Å². The molecule has 1 N–H and O–H groups in total. The van der Waals surface area contributed by atoms with Crippen molar-refractivity contribution >= 4 is 38.1 Å². The van der Waals surface area contributed by atoms with Crippen LogP contribution in [-0.4, -0.2) is 45.3 Å². The first-order valence-corrected chi connectivity index (χ1v) is 11.4. The minimum Gasteiger partial charge on any atom is -0.377 e. The van der Waals surface area contributed by atoms with Crippen LogP contribution in [0.2, 0.25) is 0 Å². The van der Waals surface area contributed by atoms with Crippen LogP contribution in [0, 0.1) is 0 Å². The molecule has 4 rings (SSSR count). The van der Waals surface area contributed by atoms with E-state index in [1.807, 2.05) is 61.5 Å². The van der Waals surface area contributed by atoms with Crippen molar-refractivity contribution in [3.05, 3.63) is 66.7 Å². The number of amides is 1. The first kappa shape index (κ1) is 20.4. The smallest absolute Gasteiger partial charge is 0.244 e. The molecule has 1 aliphatic heterocycles. The molecular formula is C23H25N3O3S. The maximum Gasteiger partial charge on any atom is 0.244 e. The van der Waals surface area contributed by atoms with Gasteiger partial charge >= 0.3 is 0 Å². The standard InChI is InChI=1S/C23H25N3O3S/c1-25(2)20-13-6-12-19-18(20)11-7-15-22(19)30(28,29)26-16-8-14-21(26)23(27)24-17-9-4-3-5-10-17/h3-7,9-13,15,21H,8,14,16H2,1-2H3,(H,24,27). The van der Waals surface area contributed by atoms with Gasteiger partial charge in [-0.15, -0.1) is 0 Å². The summed E-state index contributed by atoms with van der Waals surface area (Å²) in [7, 11) is 0.0216. The quantitative estimate of drug-likeness (QED) is 0.679. The van der Waals surface area contributed by atoms with Crippen molar-refractivity contribution < 1.29 is 13.2 Å². The van der Waals surface area contributed by atoms with Crippen LogP contribution in [-0.2, 0) is 14.8 Å². The zero-order valence-corrected chi connectivity index (χ0v) is 17.9. The monoisotopic (exact) mass is 423 g/mol. The highest BCUT2D eigenvalue weighted by molar-refractivity contribution is 7.89. The number of para-hydroxylation sites is 1. The second-order valence-electron chi connectivity index (χ2n) is 7.65. The first-order chi connectivity index (χ1) is 14.4. The molecule has 1 unspecified atom stereocenters. The average molecular weight is 424 g/mol. The van der Waals surface area contributed by atoms with Gasteiger partial charge in [0.15, 0.2) is 0 Å². The first-order valence-electron chi connectivity index (χ1n) is 9.96. The Balaban J connectivity index is 1.71. The second kappa shape index (κ2) is 8.08. The molecule has 0 bridgehead atoms. The predicted molar refractivity (Wildman–Crippen MR) is 120 cm³/mol. The van der Waals surface area contributed by atoms with Crippen LogP contribution in [0.15, 0.2) is 71.6 Å². The van der Waals surface area contributed by atoms with E-state index in [9.17, 15) is 13.2 Å². The maximum absolute atomic E-state index is 13.6. The molecule has 1 fully saturated rings. The van der Waals surface area contributed by atoms with Gasteiger partial charge in [0, 0.05) is 42.8 Å². The molecule has 6 nitrogen and oxygen atoms in total. The van der Waals surface area contributed by atoms with Crippen LogP contribution < -0.4 is 10.2 Å². The van der Waals surface area contributed by atoms with Crippen LogP contribution in [0.3, 0.4) is 0 Å². The van der Waals surface area contributed by atoms with E-state index < -0.39 is 16.1 Å². The number of rotatable bonds is 5. The number of nitrogens with zero attached hydrogens (tertiary/aromatic N) is 2. The Morgan fingerprint density at radius 1 is 0.967 bits per heavy atom. The second-order valence-corrected chi connectivity index (χ2v) is 9.51. The van der Waals surface area contributed by atoms with Gasteiger partial charge in [-0.1, -0.05) is 42.5 Å². The molecule has 1 aliphatic rings. The van der Waals surface area contributed by atoms with Gasteiger partial charge in [-0.2, -0.15) is 4.31 Å². The van der Waals surface area contributed by atoms with E-state index in [2.05, 4.69) is 5.32 Å². The van der Waals surface area contributed by atoms with Crippen LogP contribution in [0.5, 0.6) is 0 Å². The lowest BCUT2D eigenvalue weighted by Crippen LogP contribution is -2.43. The molecule has 3 aromatic rings. The number of fused-ring (bicyclic) bond motifs is 1. The number of anilines is 2. The Morgan fingerprint density at radius 3 is 2.40 bits per heavy atom. The van der Waals surface area contributed by atoms with Crippen LogP contribution in [0.4, 0.5) is 11.4 Å². The van der Waals surface area contributed by atoms with Crippen molar-refractivity contribution in [3.8, 4) is 0 Å². The van der Waals surface area contributed by atoms with Gasteiger partial charge < -0.3 is 10.2 Å². The summed E-state index contributed by atoms with van der Waals surface area (Å²) in [5.74, 6) is -0.295. The third-order valence-corrected chi connectivity index (χ3v) is 7.44. The summed E-state index contributed by atoms with van der Waals surface area (Å²) in [6.45, 7) is 0.332. The van der Waals surface area contributed by atoms with Crippen LogP contribution in [0.1, 0.15) is 12.8 Å². The van der Waals surface area contributed by atoms with Gasteiger partial charge in [-0.3, -0.25) is 4.79 Å². The summed E-state index contributed by atoms with van der Waals surface area (Å²) in [5, 5.41) is 4.38. The van der Waals surface area contributed by atoms with Crippen molar-refractivity contribution in [3.63, 3.8) is 0 Å². The maximum atomic E-state index is 13.6. The summed E-state index contributed by atoms with van der Waals surface area (Å²) in [4.78, 5) is 15.1. The number of hydrogen-bond acceptors (Lipinski definition) is 4. The van der Waals surface area contributed by atoms with Crippen LogP contribution in [0.25, 0.3) is 10.8 Å². The Labute approximate surface area is 177 Å². The highest BCUT2D eigenvalue weighted by Gasteiger charge is 2.40. The lowest BCUT2D eigenvalue weighted by molar-refractivity contribution is -0.119. The van der Waals surface area contributed by atoms with E-state index in [4.69, 9.17) is 0 Å². The third kappa shape index (κ3) is 3.66.